The molecule has 1 saturated heterocycles. The number of hydrogen-bond acceptors (Lipinski definition) is 5. The maximum absolute atomic E-state index is 14.8. The summed E-state index contributed by atoms with van der Waals surface area (Å²) in [4.78, 5) is 18.5. The van der Waals surface area contributed by atoms with Crippen LogP contribution in [0, 0.1) is 23.1 Å². The minimum Gasteiger partial charge on any atom is -0.356 e. The van der Waals surface area contributed by atoms with Crippen molar-refractivity contribution in [3.63, 3.8) is 0 Å². The molecule has 2 N–H and O–H groups in total. The summed E-state index contributed by atoms with van der Waals surface area (Å²) in [6.45, 7) is 1.72. The zero-order valence-corrected chi connectivity index (χ0v) is 20.7. The van der Waals surface area contributed by atoms with Crippen LogP contribution in [-0.4, -0.2) is 53.6 Å². The van der Waals surface area contributed by atoms with Gasteiger partial charge >= 0.3 is 6.03 Å². The number of thioether (sulfide) groups is 1. The smallest absolute Gasteiger partial charge is 0.342 e. The number of amides is 2. The fraction of sp³-hybridized carbons (Fsp3) is 0.360. The van der Waals surface area contributed by atoms with Gasteiger partial charge in [-0.2, -0.15) is 15.4 Å². The van der Waals surface area contributed by atoms with Gasteiger partial charge in [-0.15, -0.1) is 0 Å². The minimum atomic E-state index is -0.969. The number of carbonyl (C=O) groups excluding carboxylic acids is 1. The van der Waals surface area contributed by atoms with Crippen LogP contribution in [0.15, 0.2) is 58.6 Å². The van der Waals surface area contributed by atoms with Gasteiger partial charge in [0.15, 0.2) is 6.19 Å². The fourth-order valence-electron chi connectivity index (χ4n) is 4.35. The van der Waals surface area contributed by atoms with E-state index < -0.39 is 16.5 Å². The topological polar surface area (TPSA) is 96.1 Å². The van der Waals surface area contributed by atoms with E-state index in [1.54, 1.807) is 11.9 Å². The Morgan fingerprint density at radius 1 is 1.22 bits per heavy atom. The number of nitrogens with one attached hydrogen (secondary N) is 2. The highest BCUT2D eigenvalue weighted by molar-refractivity contribution is 8.15. The molecule has 1 atom stereocenters. The van der Waals surface area contributed by atoms with Gasteiger partial charge in [0, 0.05) is 32.2 Å². The van der Waals surface area contributed by atoms with Crippen molar-refractivity contribution in [2.75, 3.05) is 26.7 Å². The van der Waals surface area contributed by atoms with Crippen LogP contribution in [-0.2, 0) is 4.87 Å². The summed E-state index contributed by atoms with van der Waals surface area (Å²) in [5.74, 6) is -0.841. The molecule has 188 valence electrons. The van der Waals surface area contributed by atoms with Crippen molar-refractivity contribution < 1.29 is 13.6 Å². The monoisotopic (exact) mass is 511 g/mol. The summed E-state index contributed by atoms with van der Waals surface area (Å²) in [6, 6.07) is 12.5. The first-order valence-corrected chi connectivity index (χ1v) is 12.5. The highest BCUT2D eigenvalue weighted by atomic mass is 32.2. The Morgan fingerprint density at radius 3 is 2.67 bits per heavy atom. The lowest BCUT2D eigenvalue weighted by Crippen LogP contribution is -2.48. The van der Waals surface area contributed by atoms with Gasteiger partial charge in [-0.3, -0.25) is 10.3 Å². The number of benzene rings is 2. The van der Waals surface area contributed by atoms with Gasteiger partial charge in [0.05, 0.1) is 0 Å². The molecule has 4 rings (SSSR count). The fourth-order valence-corrected chi connectivity index (χ4v) is 5.77. The molecule has 2 amide bonds. The molecule has 0 bridgehead atoms. The van der Waals surface area contributed by atoms with Crippen molar-refractivity contribution in [1.29, 1.82) is 5.26 Å². The number of hydrazone groups is 1. The summed E-state index contributed by atoms with van der Waals surface area (Å²) >= 11 is 1.25. The molecule has 2 aliphatic rings. The summed E-state index contributed by atoms with van der Waals surface area (Å²) in [5, 5.41) is 20.7. The summed E-state index contributed by atoms with van der Waals surface area (Å²) in [5.41, 5.74) is 0.853. The third-order valence-corrected chi connectivity index (χ3v) is 7.57. The van der Waals surface area contributed by atoms with Crippen molar-refractivity contribution in [3.8, 4) is 6.19 Å². The normalized spacial score (nSPS) is 19.7. The number of urea groups is 1. The van der Waals surface area contributed by atoms with E-state index in [-0.39, 0.29) is 16.6 Å². The van der Waals surface area contributed by atoms with Crippen LogP contribution >= 0.6 is 11.8 Å². The SMILES string of the molecule is CN=C(NC#N)NCCCC1(c2ccccc2)SC(c2cc(F)ccc2F)=NN1C(=O)N1CCCC1. The van der Waals surface area contributed by atoms with E-state index in [2.05, 4.69) is 20.7 Å². The van der Waals surface area contributed by atoms with Crippen LogP contribution in [0.4, 0.5) is 13.6 Å². The number of guanidine groups is 1. The zero-order chi connectivity index (χ0) is 25.5. The lowest BCUT2D eigenvalue weighted by atomic mass is 10.0. The number of halogens is 2. The summed E-state index contributed by atoms with van der Waals surface area (Å²) < 4.78 is 28.9. The van der Waals surface area contributed by atoms with Gasteiger partial charge in [0.2, 0.25) is 5.96 Å². The number of nitrogens with zero attached hydrogens (tertiary/aromatic N) is 5. The number of aliphatic imine (C=N–C) groups is 1. The Bertz CT molecular complexity index is 1190. The van der Waals surface area contributed by atoms with E-state index >= 15 is 0 Å². The molecular formula is C25H27F2N7OS. The van der Waals surface area contributed by atoms with E-state index in [1.165, 1.54) is 16.8 Å². The van der Waals surface area contributed by atoms with E-state index in [0.29, 0.717) is 38.4 Å². The lowest BCUT2D eigenvalue weighted by molar-refractivity contribution is 0.131. The first-order chi connectivity index (χ1) is 17.5. The molecule has 36 heavy (non-hydrogen) atoms. The first kappa shape index (κ1) is 25.4. The van der Waals surface area contributed by atoms with Crippen molar-refractivity contribution in [3.05, 3.63) is 71.3 Å². The van der Waals surface area contributed by atoms with Crippen LogP contribution < -0.4 is 10.6 Å². The van der Waals surface area contributed by atoms with Gasteiger partial charge in [0.25, 0.3) is 0 Å². The molecule has 8 nitrogen and oxygen atoms in total. The van der Waals surface area contributed by atoms with E-state index in [0.717, 1.165) is 36.6 Å². The zero-order valence-electron chi connectivity index (χ0n) is 19.9. The first-order valence-electron chi connectivity index (χ1n) is 11.7. The molecule has 11 heteroatoms. The number of rotatable bonds is 6. The van der Waals surface area contributed by atoms with Crippen LogP contribution in [0.25, 0.3) is 0 Å². The standard InChI is InChI=1S/C25H27F2N7OS/c1-29-23(31-17-28)30-13-7-12-25(18-8-3-2-4-9-18)34(24(35)33-14-5-6-15-33)32-22(36-25)20-16-19(26)10-11-21(20)27/h2-4,8-11,16H,5-7,12-15H2,1H3,(H2,29,30,31). The molecular weight excluding hydrogens is 484 g/mol. The Kier molecular flexibility index (Phi) is 8.05. The molecule has 0 saturated carbocycles. The molecule has 1 unspecified atom stereocenters. The Labute approximate surface area is 213 Å². The maximum atomic E-state index is 14.8. The Hall–Kier alpha value is -3.65. The molecule has 0 spiro atoms. The molecule has 2 heterocycles. The molecule has 0 radical (unpaired) electrons. The summed E-state index contributed by atoms with van der Waals surface area (Å²) in [6.07, 6.45) is 4.69. The van der Waals surface area contributed by atoms with Crippen LogP contribution in [0.1, 0.15) is 36.8 Å². The van der Waals surface area contributed by atoms with E-state index in [4.69, 9.17) is 5.26 Å². The van der Waals surface area contributed by atoms with Gasteiger partial charge in [-0.25, -0.2) is 13.6 Å². The number of hydrogen-bond donors (Lipinski definition) is 2. The number of nitriles is 1. The van der Waals surface area contributed by atoms with Gasteiger partial charge in [-0.05, 0) is 49.4 Å². The highest BCUT2D eigenvalue weighted by Gasteiger charge is 2.50. The molecule has 2 aromatic carbocycles. The second-order valence-electron chi connectivity index (χ2n) is 8.41. The predicted molar refractivity (Wildman–Crippen MR) is 136 cm³/mol. The van der Waals surface area contributed by atoms with Gasteiger partial charge < -0.3 is 10.2 Å². The maximum Gasteiger partial charge on any atom is 0.342 e. The third-order valence-electron chi connectivity index (χ3n) is 6.12. The van der Waals surface area contributed by atoms with Gasteiger partial charge in [-0.1, -0.05) is 42.1 Å². The molecule has 0 aliphatic carbocycles. The lowest BCUT2D eigenvalue weighted by Gasteiger charge is -2.37. The number of carbonyl (C=O) groups is 1. The largest absolute Gasteiger partial charge is 0.356 e. The number of likely N-dealkylation sites (tertiary alicyclic amines) is 1. The Morgan fingerprint density at radius 2 is 1.97 bits per heavy atom. The minimum absolute atomic E-state index is 0.0220. The van der Waals surface area contributed by atoms with Crippen LogP contribution in [0.5, 0.6) is 0 Å². The molecule has 1 fully saturated rings. The molecule has 2 aliphatic heterocycles. The van der Waals surface area contributed by atoms with Crippen LogP contribution in [0.2, 0.25) is 0 Å². The quantitative estimate of drug-likeness (QED) is 0.200. The van der Waals surface area contributed by atoms with Crippen molar-refractivity contribution >= 4 is 28.8 Å². The highest BCUT2D eigenvalue weighted by Crippen LogP contribution is 2.51. The third kappa shape index (κ3) is 5.28. The average Bonchev–Trinajstić information content (AvgIpc) is 3.57. The van der Waals surface area contributed by atoms with Crippen molar-refractivity contribution in [2.45, 2.75) is 30.6 Å². The van der Waals surface area contributed by atoms with Gasteiger partial charge in [0.1, 0.15) is 21.5 Å². The van der Waals surface area contributed by atoms with Crippen molar-refractivity contribution in [1.82, 2.24) is 20.5 Å². The second-order valence-corrected chi connectivity index (χ2v) is 9.68. The average molecular weight is 512 g/mol. The Balaban J connectivity index is 1.70. The van der Waals surface area contributed by atoms with Crippen molar-refractivity contribution in [2.24, 2.45) is 10.1 Å². The molecule has 0 aromatic heterocycles. The second kappa shape index (κ2) is 11.4. The predicted octanol–water partition coefficient (Wildman–Crippen LogP) is 4.17. The van der Waals surface area contributed by atoms with E-state index in [9.17, 15) is 13.6 Å². The summed E-state index contributed by atoms with van der Waals surface area (Å²) in [7, 11) is 1.56. The van der Waals surface area contributed by atoms with Crippen LogP contribution in [0.3, 0.4) is 0 Å². The van der Waals surface area contributed by atoms with E-state index in [1.807, 2.05) is 36.5 Å². The molecule has 2 aromatic rings.